The lowest BCUT2D eigenvalue weighted by Crippen LogP contribution is -2.50. The number of β-amino-alcohol motifs (C(OH)–C–C–N with tert-alkyl or cyclic N) is 1. The molecule has 0 radical (unpaired) electrons. The molecule has 0 bridgehead atoms. The number of fused-ring (bicyclic) bond motifs is 1. The quantitative estimate of drug-likeness (QED) is 0.377. The molecule has 0 spiro atoms. The molecule has 4 aromatic rings. The second kappa shape index (κ2) is 11.2. The van der Waals surface area contributed by atoms with Gasteiger partial charge in [-0.3, -0.25) is 14.8 Å². The van der Waals surface area contributed by atoms with Gasteiger partial charge in [-0.15, -0.1) is 0 Å². The molecule has 180 valence electrons. The fourth-order valence-electron chi connectivity index (χ4n) is 4.85. The van der Waals surface area contributed by atoms with E-state index in [1.807, 2.05) is 24.3 Å². The van der Waals surface area contributed by atoms with Crippen LogP contribution in [-0.2, 0) is 0 Å². The molecule has 5 rings (SSSR count). The van der Waals surface area contributed by atoms with E-state index in [0.717, 1.165) is 37.1 Å². The lowest BCUT2D eigenvalue weighted by molar-refractivity contribution is 0.0404. The van der Waals surface area contributed by atoms with Gasteiger partial charge >= 0.3 is 0 Å². The number of hydrogen-bond donors (Lipinski definition) is 1. The summed E-state index contributed by atoms with van der Waals surface area (Å²) in [4.78, 5) is 9.20. The Hall–Kier alpha value is -2.96. The molecule has 1 fully saturated rings. The number of aliphatic hydroxyl groups excluding tert-OH is 1. The molecule has 1 aliphatic rings. The average molecular weight is 488 g/mol. The molecule has 1 N–H and O–H groups in total. The number of aliphatic hydroxyl groups is 1. The van der Waals surface area contributed by atoms with Gasteiger partial charge in [-0.25, -0.2) is 0 Å². The van der Waals surface area contributed by atoms with Crippen LogP contribution in [-0.4, -0.2) is 65.3 Å². The predicted octanol–water partition coefficient (Wildman–Crippen LogP) is 5.04. The number of nitrogens with zero attached hydrogens (tertiary/aromatic N) is 3. The van der Waals surface area contributed by atoms with E-state index in [2.05, 4.69) is 75.4 Å². The predicted molar refractivity (Wildman–Crippen MR) is 141 cm³/mol. The minimum Gasteiger partial charge on any atom is -0.490 e. The van der Waals surface area contributed by atoms with E-state index in [-0.39, 0.29) is 12.6 Å². The van der Waals surface area contributed by atoms with Crippen LogP contribution in [0.2, 0.25) is 5.02 Å². The van der Waals surface area contributed by atoms with Crippen molar-refractivity contribution in [2.45, 2.75) is 12.1 Å². The molecule has 0 amide bonds. The highest BCUT2D eigenvalue weighted by Gasteiger charge is 2.27. The van der Waals surface area contributed by atoms with E-state index < -0.39 is 6.10 Å². The molecule has 0 saturated carbocycles. The Labute approximate surface area is 211 Å². The Morgan fingerprint density at radius 1 is 0.857 bits per heavy atom. The molecular formula is C29H30ClN3O2. The van der Waals surface area contributed by atoms with Crippen molar-refractivity contribution in [1.82, 2.24) is 14.8 Å². The van der Waals surface area contributed by atoms with Crippen LogP contribution in [0.1, 0.15) is 17.2 Å². The van der Waals surface area contributed by atoms with Crippen LogP contribution in [0.4, 0.5) is 0 Å². The molecule has 1 atom stereocenters. The van der Waals surface area contributed by atoms with Crippen LogP contribution in [0.3, 0.4) is 0 Å². The average Bonchev–Trinajstić information content (AvgIpc) is 2.90. The van der Waals surface area contributed by atoms with Gasteiger partial charge < -0.3 is 9.84 Å². The van der Waals surface area contributed by atoms with Gasteiger partial charge in [0.1, 0.15) is 18.5 Å². The minimum absolute atomic E-state index is 0.225. The maximum atomic E-state index is 10.7. The Balaban J connectivity index is 1.18. The van der Waals surface area contributed by atoms with E-state index in [1.54, 1.807) is 6.20 Å². The molecule has 1 aromatic heterocycles. The summed E-state index contributed by atoms with van der Waals surface area (Å²) < 4.78 is 5.97. The number of pyridine rings is 1. The highest BCUT2D eigenvalue weighted by Crippen LogP contribution is 2.30. The maximum absolute atomic E-state index is 10.7. The van der Waals surface area contributed by atoms with E-state index in [0.29, 0.717) is 17.3 Å². The number of aromatic nitrogens is 1. The number of rotatable bonds is 8. The fourth-order valence-corrected chi connectivity index (χ4v) is 5.01. The second-order valence-corrected chi connectivity index (χ2v) is 9.44. The van der Waals surface area contributed by atoms with Crippen LogP contribution >= 0.6 is 11.6 Å². The summed E-state index contributed by atoms with van der Waals surface area (Å²) in [6, 6.07) is 29.2. The standard InChI is InChI=1S/C29H30ClN3O2/c30-24-18-26-27(31-19-24)12-7-13-28(26)35-21-25(34)20-32-14-16-33(17-15-32)29(22-8-3-1-4-9-22)23-10-5-2-6-11-23/h1-13,18-19,25,29,34H,14-17,20-21H2. The summed E-state index contributed by atoms with van der Waals surface area (Å²) in [5.41, 5.74) is 3.44. The van der Waals surface area contributed by atoms with Crippen molar-refractivity contribution < 1.29 is 9.84 Å². The van der Waals surface area contributed by atoms with Crippen molar-refractivity contribution >= 4 is 22.5 Å². The first kappa shape index (κ1) is 23.8. The molecule has 5 nitrogen and oxygen atoms in total. The van der Waals surface area contributed by atoms with Crippen LogP contribution in [0.15, 0.2) is 91.1 Å². The van der Waals surface area contributed by atoms with E-state index in [9.17, 15) is 5.11 Å². The van der Waals surface area contributed by atoms with Crippen molar-refractivity contribution in [2.24, 2.45) is 0 Å². The molecule has 0 aliphatic carbocycles. The van der Waals surface area contributed by atoms with Crippen LogP contribution in [0.25, 0.3) is 10.9 Å². The molecule has 2 heterocycles. The lowest BCUT2D eigenvalue weighted by atomic mass is 9.96. The first-order valence-electron chi connectivity index (χ1n) is 12.1. The molecule has 1 saturated heterocycles. The molecule has 1 aliphatic heterocycles. The molecule has 3 aromatic carbocycles. The first-order valence-corrected chi connectivity index (χ1v) is 12.5. The fraction of sp³-hybridized carbons (Fsp3) is 0.276. The van der Waals surface area contributed by atoms with Gasteiger partial charge in [0.15, 0.2) is 0 Å². The zero-order chi connectivity index (χ0) is 24.0. The number of benzene rings is 3. The van der Waals surface area contributed by atoms with Crippen molar-refractivity contribution in [1.29, 1.82) is 0 Å². The van der Waals surface area contributed by atoms with Gasteiger partial charge in [0.05, 0.1) is 16.6 Å². The normalized spacial score (nSPS) is 16.0. The Morgan fingerprint density at radius 3 is 2.17 bits per heavy atom. The number of halogens is 1. The van der Waals surface area contributed by atoms with Crippen molar-refractivity contribution in [2.75, 3.05) is 39.3 Å². The van der Waals surface area contributed by atoms with Crippen molar-refractivity contribution in [3.8, 4) is 5.75 Å². The highest BCUT2D eigenvalue weighted by molar-refractivity contribution is 6.31. The van der Waals surface area contributed by atoms with Gasteiger partial charge in [0.2, 0.25) is 0 Å². The zero-order valence-corrected chi connectivity index (χ0v) is 20.4. The second-order valence-electron chi connectivity index (χ2n) is 9.00. The zero-order valence-electron chi connectivity index (χ0n) is 19.6. The molecule has 6 heteroatoms. The van der Waals surface area contributed by atoms with Gasteiger partial charge in [0, 0.05) is 44.3 Å². The van der Waals surface area contributed by atoms with Crippen LogP contribution in [0, 0.1) is 0 Å². The summed E-state index contributed by atoms with van der Waals surface area (Å²) in [7, 11) is 0. The van der Waals surface area contributed by atoms with Gasteiger partial charge in [-0.05, 0) is 29.3 Å². The summed E-state index contributed by atoms with van der Waals surface area (Å²) >= 11 is 6.12. The molecular weight excluding hydrogens is 458 g/mol. The molecule has 1 unspecified atom stereocenters. The Morgan fingerprint density at radius 2 is 1.51 bits per heavy atom. The Kier molecular flexibility index (Phi) is 7.60. The number of piperazine rings is 1. The minimum atomic E-state index is -0.581. The summed E-state index contributed by atoms with van der Waals surface area (Å²) in [6.07, 6.45) is 1.05. The van der Waals surface area contributed by atoms with Crippen LogP contribution < -0.4 is 4.74 Å². The third kappa shape index (κ3) is 5.82. The largest absolute Gasteiger partial charge is 0.490 e. The summed E-state index contributed by atoms with van der Waals surface area (Å²) in [5, 5.41) is 12.1. The van der Waals surface area contributed by atoms with Crippen molar-refractivity contribution in [3.63, 3.8) is 0 Å². The van der Waals surface area contributed by atoms with E-state index in [4.69, 9.17) is 16.3 Å². The highest BCUT2D eigenvalue weighted by atomic mass is 35.5. The first-order chi connectivity index (χ1) is 17.2. The number of hydrogen-bond acceptors (Lipinski definition) is 5. The van der Waals surface area contributed by atoms with Crippen LogP contribution in [0.5, 0.6) is 5.75 Å². The lowest BCUT2D eigenvalue weighted by Gasteiger charge is -2.40. The van der Waals surface area contributed by atoms with Gasteiger partial charge in [-0.2, -0.15) is 0 Å². The smallest absolute Gasteiger partial charge is 0.128 e. The topological polar surface area (TPSA) is 48.8 Å². The SMILES string of the molecule is OC(COc1cccc2ncc(Cl)cc12)CN1CCN(C(c2ccccc2)c2ccccc2)CC1. The van der Waals surface area contributed by atoms with E-state index in [1.165, 1.54) is 11.1 Å². The summed E-state index contributed by atoms with van der Waals surface area (Å²) in [5.74, 6) is 0.690. The van der Waals surface area contributed by atoms with E-state index >= 15 is 0 Å². The monoisotopic (exact) mass is 487 g/mol. The maximum Gasteiger partial charge on any atom is 0.128 e. The van der Waals surface area contributed by atoms with Gasteiger partial charge in [0.25, 0.3) is 0 Å². The Bertz CT molecular complexity index is 1190. The summed E-state index contributed by atoms with van der Waals surface area (Å²) in [6.45, 7) is 4.49. The van der Waals surface area contributed by atoms with Gasteiger partial charge in [-0.1, -0.05) is 78.3 Å². The number of ether oxygens (including phenoxy) is 1. The molecule has 35 heavy (non-hydrogen) atoms. The van der Waals surface area contributed by atoms with Crippen molar-refractivity contribution in [3.05, 3.63) is 107 Å². The third-order valence-electron chi connectivity index (χ3n) is 6.56. The third-order valence-corrected chi connectivity index (χ3v) is 6.76.